The number of halogens is 1. The Kier molecular flexibility index (Phi) is 7.82. The van der Waals surface area contributed by atoms with E-state index in [0.717, 1.165) is 22.4 Å². The number of hydrogen-bond acceptors (Lipinski definition) is 6. The van der Waals surface area contributed by atoms with Gasteiger partial charge in [-0.15, -0.1) is 0 Å². The molecule has 2 aromatic heterocycles. The number of ether oxygens (including phenoxy) is 1. The second-order valence-corrected chi connectivity index (χ2v) is 11.5. The maximum Gasteiger partial charge on any atom is 0.328 e. The Hall–Kier alpha value is -5.31. The van der Waals surface area contributed by atoms with Crippen LogP contribution in [0.5, 0.6) is 11.8 Å². The first-order chi connectivity index (χ1) is 22.5. The number of aromatic nitrogens is 3. The Bertz CT molecular complexity index is 1990. The van der Waals surface area contributed by atoms with Crippen molar-refractivity contribution < 1.29 is 19.7 Å². The molecule has 8 nitrogen and oxygen atoms in total. The van der Waals surface area contributed by atoms with Crippen molar-refractivity contribution in [1.29, 1.82) is 0 Å². The zero-order valence-corrected chi connectivity index (χ0v) is 25.7. The fourth-order valence-corrected chi connectivity index (χ4v) is 6.47. The van der Waals surface area contributed by atoms with E-state index >= 15 is 0 Å². The van der Waals surface area contributed by atoms with Crippen LogP contribution in [0.25, 0.3) is 22.6 Å². The summed E-state index contributed by atoms with van der Waals surface area (Å²) in [4.78, 5) is 15.9. The van der Waals surface area contributed by atoms with E-state index in [4.69, 9.17) is 21.4 Å². The van der Waals surface area contributed by atoms with Crippen molar-refractivity contribution in [2.24, 2.45) is 0 Å². The van der Waals surface area contributed by atoms with E-state index in [2.05, 4.69) is 0 Å². The fourth-order valence-electron chi connectivity index (χ4n) is 6.34. The number of hydrogen-bond donors (Lipinski definition) is 2. The van der Waals surface area contributed by atoms with Gasteiger partial charge < -0.3 is 14.9 Å². The van der Waals surface area contributed by atoms with Crippen LogP contribution in [-0.4, -0.2) is 42.0 Å². The summed E-state index contributed by atoms with van der Waals surface area (Å²) in [6.45, 7) is 2.23. The SMILES string of the molecule is CCOC(=O)C1c2c(c(O)n(-c3ccccc3)c2O)C(c2cn(-c3ccccc3)nc2-c2ccc(Cl)cc2)N1Cc1ccccc1. The van der Waals surface area contributed by atoms with Crippen LogP contribution in [0, 0.1) is 0 Å². The van der Waals surface area contributed by atoms with Crippen LogP contribution in [-0.2, 0) is 16.1 Å². The third-order valence-corrected chi connectivity index (χ3v) is 8.57. The molecule has 0 aliphatic carbocycles. The van der Waals surface area contributed by atoms with Crippen LogP contribution >= 0.6 is 11.6 Å². The van der Waals surface area contributed by atoms with E-state index < -0.39 is 18.1 Å². The van der Waals surface area contributed by atoms with Gasteiger partial charge in [0.2, 0.25) is 11.8 Å². The summed E-state index contributed by atoms with van der Waals surface area (Å²) in [5, 5.41) is 29.5. The number of esters is 1. The number of para-hydroxylation sites is 2. The monoisotopic (exact) mass is 630 g/mol. The lowest BCUT2D eigenvalue weighted by Gasteiger charge is -2.30. The van der Waals surface area contributed by atoms with Gasteiger partial charge in [-0.1, -0.05) is 90.5 Å². The van der Waals surface area contributed by atoms with Crippen molar-refractivity contribution in [3.05, 3.63) is 149 Å². The summed E-state index contributed by atoms with van der Waals surface area (Å²) in [5.41, 5.74) is 5.24. The Labute approximate surface area is 271 Å². The number of carbonyl (C=O) groups excluding carboxylic acids is 1. The summed E-state index contributed by atoms with van der Waals surface area (Å²) in [5.74, 6) is -0.907. The number of benzene rings is 4. The fraction of sp³-hybridized carbons (Fsp3) is 0.135. The molecule has 0 bridgehead atoms. The predicted molar refractivity (Wildman–Crippen MR) is 176 cm³/mol. The molecule has 2 N–H and O–H groups in total. The van der Waals surface area contributed by atoms with Crippen LogP contribution in [0.2, 0.25) is 5.02 Å². The van der Waals surface area contributed by atoms with Gasteiger partial charge in [-0.2, -0.15) is 5.10 Å². The van der Waals surface area contributed by atoms with Crippen molar-refractivity contribution >= 4 is 17.6 Å². The largest absolute Gasteiger partial charge is 0.494 e. The molecule has 0 spiro atoms. The van der Waals surface area contributed by atoms with Gasteiger partial charge in [0.25, 0.3) is 0 Å². The normalized spacial score (nSPS) is 16.0. The molecule has 0 fully saturated rings. The second-order valence-electron chi connectivity index (χ2n) is 11.1. The molecule has 2 unspecified atom stereocenters. The van der Waals surface area contributed by atoms with E-state index in [1.807, 2.05) is 102 Å². The van der Waals surface area contributed by atoms with Crippen LogP contribution in [0.15, 0.2) is 121 Å². The van der Waals surface area contributed by atoms with Gasteiger partial charge in [-0.3, -0.25) is 9.47 Å². The molecule has 4 aromatic carbocycles. The zero-order chi connectivity index (χ0) is 31.8. The molecule has 1 aliphatic rings. The molecule has 46 heavy (non-hydrogen) atoms. The van der Waals surface area contributed by atoms with Crippen LogP contribution in [0.1, 0.15) is 41.3 Å². The zero-order valence-electron chi connectivity index (χ0n) is 25.0. The summed E-state index contributed by atoms with van der Waals surface area (Å²) in [7, 11) is 0. The Balaban J connectivity index is 1.52. The van der Waals surface area contributed by atoms with E-state index in [1.54, 1.807) is 35.9 Å². The third-order valence-electron chi connectivity index (χ3n) is 8.31. The molecule has 230 valence electrons. The van der Waals surface area contributed by atoms with E-state index in [9.17, 15) is 15.0 Å². The van der Waals surface area contributed by atoms with Gasteiger partial charge in [-0.05, 0) is 48.9 Å². The van der Waals surface area contributed by atoms with Crippen molar-refractivity contribution in [3.8, 4) is 34.4 Å². The molecule has 2 atom stereocenters. The lowest BCUT2D eigenvalue weighted by molar-refractivity contribution is -0.150. The number of fused-ring (bicyclic) bond motifs is 1. The average molecular weight is 631 g/mol. The molecule has 0 saturated heterocycles. The van der Waals surface area contributed by atoms with Crippen molar-refractivity contribution in [2.45, 2.75) is 25.6 Å². The van der Waals surface area contributed by atoms with Crippen LogP contribution in [0.3, 0.4) is 0 Å². The van der Waals surface area contributed by atoms with Crippen LogP contribution in [0.4, 0.5) is 0 Å². The van der Waals surface area contributed by atoms with E-state index in [0.29, 0.717) is 34.1 Å². The minimum atomic E-state index is -1.02. The first-order valence-corrected chi connectivity index (χ1v) is 15.4. The minimum absolute atomic E-state index is 0.155. The topological polar surface area (TPSA) is 92.8 Å². The molecule has 7 rings (SSSR count). The van der Waals surface area contributed by atoms with Crippen molar-refractivity contribution in [3.63, 3.8) is 0 Å². The van der Waals surface area contributed by atoms with Crippen molar-refractivity contribution in [2.75, 3.05) is 6.61 Å². The number of rotatable bonds is 8. The highest BCUT2D eigenvalue weighted by atomic mass is 35.5. The molecule has 9 heteroatoms. The van der Waals surface area contributed by atoms with Crippen LogP contribution < -0.4 is 0 Å². The predicted octanol–water partition coefficient (Wildman–Crippen LogP) is 7.60. The van der Waals surface area contributed by atoms with Gasteiger partial charge in [0.05, 0.1) is 35.3 Å². The summed E-state index contributed by atoms with van der Waals surface area (Å²) < 4.78 is 8.81. The maximum absolute atomic E-state index is 13.9. The lowest BCUT2D eigenvalue weighted by atomic mass is 9.97. The van der Waals surface area contributed by atoms with Gasteiger partial charge in [0, 0.05) is 34.5 Å². The number of carbonyl (C=O) groups is 1. The highest BCUT2D eigenvalue weighted by molar-refractivity contribution is 6.30. The summed E-state index contributed by atoms with van der Waals surface area (Å²) >= 11 is 6.28. The smallest absolute Gasteiger partial charge is 0.328 e. The highest BCUT2D eigenvalue weighted by Crippen LogP contribution is 2.57. The summed E-state index contributed by atoms with van der Waals surface area (Å²) in [6.07, 6.45) is 1.93. The van der Waals surface area contributed by atoms with Gasteiger partial charge in [0.15, 0.2) is 0 Å². The number of aromatic hydroxyl groups is 2. The first-order valence-electron chi connectivity index (χ1n) is 15.0. The third kappa shape index (κ3) is 5.11. The molecule has 6 aromatic rings. The Morgan fingerprint density at radius 2 is 1.39 bits per heavy atom. The Morgan fingerprint density at radius 1 is 0.804 bits per heavy atom. The van der Waals surface area contributed by atoms with E-state index in [-0.39, 0.29) is 18.4 Å². The Morgan fingerprint density at radius 3 is 2.02 bits per heavy atom. The minimum Gasteiger partial charge on any atom is -0.494 e. The average Bonchev–Trinajstić information content (AvgIpc) is 3.73. The van der Waals surface area contributed by atoms with Gasteiger partial charge in [0.1, 0.15) is 6.04 Å². The molecular weight excluding hydrogens is 600 g/mol. The summed E-state index contributed by atoms with van der Waals surface area (Å²) in [6, 6.07) is 34.3. The van der Waals surface area contributed by atoms with Gasteiger partial charge in [-0.25, -0.2) is 9.48 Å². The maximum atomic E-state index is 13.9. The lowest BCUT2D eigenvalue weighted by Crippen LogP contribution is -2.33. The second kappa shape index (κ2) is 12.2. The molecule has 0 radical (unpaired) electrons. The highest BCUT2D eigenvalue weighted by Gasteiger charge is 2.51. The van der Waals surface area contributed by atoms with E-state index in [1.165, 1.54) is 4.57 Å². The molecular formula is C37H31ClN4O4. The first kappa shape index (κ1) is 29.4. The van der Waals surface area contributed by atoms with Crippen molar-refractivity contribution in [1.82, 2.24) is 19.2 Å². The molecule has 0 amide bonds. The quantitative estimate of drug-likeness (QED) is 0.168. The number of nitrogens with zero attached hydrogens (tertiary/aromatic N) is 4. The molecule has 1 aliphatic heterocycles. The van der Waals surface area contributed by atoms with Gasteiger partial charge >= 0.3 is 5.97 Å². The molecule has 0 saturated carbocycles. The molecule has 3 heterocycles. The standard InChI is InChI=1S/C37H31ClN4O4/c1-2-46-37(45)34-31-30(35(43)42(36(31)44)28-16-10-5-11-17-28)33(40(34)22-24-12-6-3-7-13-24)29-23-41(27-14-8-4-9-15-27)39-32(29)25-18-20-26(38)21-19-25/h3-21,23,33-34,43-44H,2,22H2,1H3.